The molecule has 74 valence electrons. The summed E-state index contributed by atoms with van der Waals surface area (Å²) in [5.41, 5.74) is 3.84. The van der Waals surface area contributed by atoms with Gasteiger partial charge < -0.3 is 5.73 Å². The first-order chi connectivity index (χ1) is 6.61. The van der Waals surface area contributed by atoms with E-state index in [9.17, 15) is 13.2 Å². The van der Waals surface area contributed by atoms with Crippen molar-refractivity contribution in [2.45, 2.75) is 13.0 Å². The summed E-state index contributed by atoms with van der Waals surface area (Å²) in [6.07, 6.45) is -2.21. The molecule has 3 nitrogen and oxygen atoms in total. The van der Waals surface area contributed by atoms with Gasteiger partial charge in [0.05, 0.1) is 11.1 Å². The molecule has 0 aliphatic heterocycles. The Morgan fingerprint density at radius 1 is 1.57 bits per heavy atom. The van der Waals surface area contributed by atoms with E-state index >= 15 is 0 Å². The highest BCUT2D eigenvalue weighted by molar-refractivity contribution is 5.43. The van der Waals surface area contributed by atoms with Crippen LogP contribution >= 0.6 is 0 Å². The molecule has 14 heavy (non-hydrogen) atoms. The molecule has 0 unspecified atom stereocenters. The Balaban J connectivity index is 3.43. The monoisotopic (exact) mass is 201 g/mol. The summed E-state index contributed by atoms with van der Waals surface area (Å²) in [4.78, 5) is 3.10. The van der Waals surface area contributed by atoms with Crippen molar-refractivity contribution in [2.24, 2.45) is 5.73 Å². The van der Waals surface area contributed by atoms with Crippen LogP contribution in [0.2, 0.25) is 0 Å². The summed E-state index contributed by atoms with van der Waals surface area (Å²) >= 11 is 0. The molecule has 0 saturated carbocycles. The maximum atomic E-state index is 12.9. The number of hydrogen-bond acceptors (Lipinski definition) is 3. The Morgan fingerprint density at radius 3 is 2.64 bits per heavy atom. The van der Waals surface area contributed by atoms with Gasteiger partial charge in [-0.05, 0) is 0 Å². The number of pyridine rings is 1. The number of alkyl halides is 2. The quantitative estimate of drug-likeness (QED) is 0.737. The van der Waals surface area contributed by atoms with Gasteiger partial charge >= 0.3 is 0 Å². The Hall–Kier alpha value is -1.61. The average molecular weight is 201 g/mol. The van der Waals surface area contributed by atoms with Crippen molar-refractivity contribution in [3.05, 3.63) is 28.8 Å². The van der Waals surface area contributed by atoms with Crippen LogP contribution in [0.15, 0.2) is 6.20 Å². The lowest BCUT2D eigenvalue weighted by Gasteiger charge is -2.06. The minimum atomic E-state index is -2.86. The summed E-state index contributed by atoms with van der Waals surface area (Å²) in [5.74, 6) is -0.978. The number of nitrogens with zero attached hydrogens (tertiary/aromatic N) is 2. The summed E-state index contributed by atoms with van der Waals surface area (Å²) in [7, 11) is 0. The molecule has 1 rings (SSSR count). The summed E-state index contributed by atoms with van der Waals surface area (Å²) < 4.78 is 37.5. The van der Waals surface area contributed by atoms with Gasteiger partial charge in [0.1, 0.15) is 6.07 Å². The van der Waals surface area contributed by atoms with Crippen LogP contribution in [0.5, 0.6) is 0 Å². The number of hydrogen-bond donors (Lipinski definition) is 1. The molecule has 0 radical (unpaired) electrons. The molecule has 0 aliphatic rings. The first kappa shape index (κ1) is 10.5. The third kappa shape index (κ3) is 1.67. The number of rotatable bonds is 2. The molecule has 6 heteroatoms. The van der Waals surface area contributed by atoms with Gasteiger partial charge in [-0.2, -0.15) is 9.65 Å². The van der Waals surface area contributed by atoms with Gasteiger partial charge in [-0.15, -0.1) is 0 Å². The summed E-state index contributed by atoms with van der Waals surface area (Å²) in [6.45, 7) is -0.331. The zero-order chi connectivity index (χ0) is 10.7. The van der Waals surface area contributed by atoms with Crippen LogP contribution in [0.4, 0.5) is 13.2 Å². The van der Waals surface area contributed by atoms with E-state index in [4.69, 9.17) is 11.0 Å². The molecule has 2 N–H and O–H groups in total. The summed E-state index contributed by atoms with van der Waals surface area (Å²) in [6, 6.07) is 1.50. The Kier molecular flexibility index (Phi) is 3.04. The Labute approximate surface area is 78.0 Å². The lowest BCUT2D eigenvalue weighted by Crippen LogP contribution is -2.08. The highest BCUT2D eigenvalue weighted by Crippen LogP contribution is 2.24. The van der Waals surface area contributed by atoms with Gasteiger partial charge in [0.15, 0.2) is 0 Å². The van der Waals surface area contributed by atoms with Gasteiger partial charge in [0, 0.05) is 18.3 Å². The van der Waals surface area contributed by atoms with E-state index in [1.165, 1.54) is 6.07 Å². The fraction of sp³-hybridized carbons (Fsp3) is 0.250. The number of nitrogens with two attached hydrogens (primary N) is 1. The molecule has 0 spiro atoms. The van der Waals surface area contributed by atoms with E-state index in [0.717, 1.165) is 0 Å². The Bertz CT molecular complexity index is 384. The molecule has 1 aromatic heterocycles. The number of halogens is 3. The third-order valence-corrected chi connectivity index (χ3v) is 1.71. The lowest BCUT2D eigenvalue weighted by molar-refractivity contribution is 0.150. The molecule has 0 amide bonds. The third-order valence-electron chi connectivity index (χ3n) is 1.71. The van der Waals surface area contributed by atoms with Crippen molar-refractivity contribution in [1.29, 1.82) is 5.26 Å². The van der Waals surface area contributed by atoms with Gasteiger partial charge in [0.2, 0.25) is 5.95 Å². The minimum absolute atomic E-state index is 0.273. The van der Waals surface area contributed by atoms with Gasteiger partial charge in [-0.1, -0.05) is 0 Å². The van der Waals surface area contributed by atoms with Crippen LogP contribution in [0.1, 0.15) is 23.1 Å². The van der Waals surface area contributed by atoms with Crippen molar-refractivity contribution in [2.75, 3.05) is 0 Å². The van der Waals surface area contributed by atoms with E-state index < -0.39 is 23.5 Å². The maximum absolute atomic E-state index is 12.9. The molecule has 0 fully saturated rings. The molecule has 0 aromatic carbocycles. The second-order valence-corrected chi connectivity index (χ2v) is 2.47. The Morgan fingerprint density at radius 2 is 2.21 bits per heavy atom. The molecule has 0 saturated heterocycles. The normalized spacial score (nSPS) is 10.3. The minimum Gasteiger partial charge on any atom is -0.326 e. The van der Waals surface area contributed by atoms with E-state index in [1.807, 2.05) is 0 Å². The SMILES string of the molecule is N#Cc1c(C(F)F)cnc(F)c1CN. The maximum Gasteiger partial charge on any atom is 0.266 e. The highest BCUT2D eigenvalue weighted by Gasteiger charge is 2.19. The van der Waals surface area contributed by atoms with E-state index in [2.05, 4.69) is 4.98 Å². The first-order valence-electron chi connectivity index (χ1n) is 3.67. The van der Waals surface area contributed by atoms with E-state index in [0.29, 0.717) is 6.20 Å². The predicted octanol–water partition coefficient (Wildman–Crippen LogP) is 1.49. The zero-order valence-electron chi connectivity index (χ0n) is 6.97. The van der Waals surface area contributed by atoms with Crippen LogP contribution in [0, 0.1) is 17.3 Å². The van der Waals surface area contributed by atoms with Crippen LogP contribution in [-0.2, 0) is 6.54 Å². The molecule has 0 bridgehead atoms. The smallest absolute Gasteiger partial charge is 0.266 e. The van der Waals surface area contributed by atoms with E-state index in [-0.39, 0.29) is 12.1 Å². The van der Waals surface area contributed by atoms with Gasteiger partial charge in [-0.25, -0.2) is 13.8 Å². The first-order valence-corrected chi connectivity index (χ1v) is 3.67. The van der Waals surface area contributed by atoms with Crippen LogP contribution in [0.3, 0.4) is 0 Å². The van der Waals surface area contributed by atoms with Gasteiger partial charge in [-0.3, -0.25) is 0 Å². The molecule has 1 aromatic rings. The van der Waals surface area contributed by atoms with Crippen molar-refractivity contribution in [1.82, 2.24) is 4.98 Å². The topological polar surface area (TPSA) is 62.7 Å². The van der Waals surface area contributed by atoms with Crippen molar-refractivity contribution >= 4 is 0 Å². The predicted molar refractivity (Wildman–Crippen MR) is 41.8 cm³/mol. The molecule has 0 aliphatic carbocycles. The number of aromatic nitrogens is 1. The zero-order valence-corrected chi connectivity index (χ0v) is 6.97. The summed E-state index contributed by atoms with van der Waals surface area (Å²) in [5, 5.41) is 8.57. The fourth-order valence-electron chi connectivity index (χ4n) is 1.03. The second kappa shape index (κ2) is 4.07. The largest absolute Gasteiger partial charge is 0.326 e. The highest BCUT2D eigenvalue weighted by atomic mass is 19.3. The fourth-order valence-corrected chi connectivity index (χ4v) is 1.03. The van der Waals surface area contributed by atoms with Crippen molar-refractivity contribution in [3.8, 4) is 6.07 Å². The average Bonchev–Trinajstić information content (AvgIpc) is 2.16. The number of nitriles is 1. The van der Waals surface area contributed by atoms with Crippen LogP contribution in [-0.4, -0.2) is 4.98 Å². The molecular weight excluding hydrogens is 195 g/mol. The van der Waals surface area contributed by atoms with Crippen molar-refractivity contribution in [3.63, 3.8) is 0 Å². The van der Waals surface area contributed by atoms with Gasteiger partial charge in [0.25, 0.3) is 6.43 Å². The van der Waals surface area contributed by atoms with Crippen LogP contribution in [0.25, 0.3) is 0 Å². The molecular formula is C8H6F3N3. The van der Waals surface area contributed by atoms with E-state index in [1.54, 1.807) is 0 Å². The molecule has 1 heterocycles. The second-order valence-electron chi connectivity index (χ2n) is 2.47. The standard InChI is InChI=1S/C8H6F3N3/c9-7(10)6-3-14-8(11)5(2-13)4(6)1-12/h3,7H,2,13H2. The van der Waals surface area contributed by atoms with Crippen molar-refractivity contribution < 1.29 is 13.2 Å². The lowest BCUT2D eigenvalue weighted by atomic mass is 10.1. The van der Waals surface area contributed by atoms with Crippen LogP contribution < -0.4 is 5.73 Å². The molecule has 0 atom stereocenters.